The van der Waals surface area contributed by atoms with E-state index in [0.29, 0.717) is 6.04 Å². The summed E-state index contributed by atoms with van der Waals surface area (Å²) in [4.78, 5) is 0. The van der Waals surface area contributed by atoms with Crippen molar-refractivity contribution in [3.63, 3.8) is 0 Å². The van der Waals surface area contributed by atoms with E-state index in [1.54, 1.807) is 14.2 Å². The molecule has 0 aromatic heterocycles. The molecule has 0 aliphatic heterocycles. The van der Waals surface area contributed by atoms with Gasteiger partial charge in [0.2, 0.25) is 0 Å². The highest BCUT2D eigenvalue weighted by atomic mass is 16.5. The van der Waals surface area contributed by atoms with Gasteiger partial charge in [0.15, 0.2) is 11.5 Å². The Morgan fingerprint density at radius 1 is 1.33 bits per heavy atom. The lowest BCUT2D eigenvalue weighted by Crippen LogP contribution is -2.26. The molecule has 0 spiro atoms. The van der Waals surface area contributed by atoms with E-state index in [2.05, 4.69) is 25.2 Å². The van der Waals surface area contributed by atoms with E-state index in [-0.39, 0.29) is 0 Å². The zero-order valence-electron chi connectivity index (χ0n) is 11.8. The third-order valence-corrected chi connectivity index (χ3v) is 3.76. The predicted molar refractivity (Wildman–Crippen MR) is 73.6 cm³/mol. The quantitative estimate of drug-likeness (QED) is 0.890. The lowest BCUT2D eigenvalue weighted by molar-refractivity contribution is 0.340. The summed E-state index contributed by atoms with van der Waals surface area (Å²) in [5.74, 6) is 1.75. The minimum atomic E-state index is 0.391. The van der Waals surface area contributed by atoms with Crippen molar-refractivity contribution in [2.75, 3.05) is 20.8 Å². The van der Waals surface area contributed by atoms with E-state index < -0.39 is 0 Å². The fourth-order valence-electron chi connectivity index (χ4n) is 2.97. The third kappa shape index (κ3) is 2.19. The van der Waals surface area contributed by atoms with Crippen molar-refractivity contribution in [2.45, 2.75) is 39.2 Å². The maximum absolute atomic E-state index is 5.60. The molecule has 1 aromatic carbocycles. The molecule has 0 fully saturated rings. The Balaban J connectivity index is 2.57. The van der Waals surface area contributed by atoms with Crippen LogP contribution in [-0.2, 0) is 6.42 Å². The van der Waals surface area contributed by atoms with Crippen molar-refractivity contribution in [3.8, 4) is 11.5 Å². The summed E-state index contributed by atoms with van der Waals surface area (Å²) in [7, 11) is 3.43. The van der Waals surface area contributed by atoms with Crippen LogP contribution in [0.25, 0.3) is 0 Å². The molecule has 0 saturated carbocycles. The van der Waals surface area contributed by atoms with Crippen LogP contribution in [0.15, 0.2) is 6.07 Å². The highest BCUT2D eigenvalue weighted by molar-refractivity contribution is 5.56. The number of benzene rings is 1. The minimum absolute atomic E-state index is 0.391. The van der Waals surface area contributed by atoms with Crippen LogP contribution >= 0.6 is 0 Å². The molecular formula is C15H23NO2. The molecule has 3 heteroatoms. The van der Waals surface area contributed by atoms with Gasteiger partial charge >= 0.3 is 0 Å². The molecule has 0 radical (unpaired) electrons. The molecule has 1 unspecified atom stereocenters. The summed E-state index contributed by atoms with van der Waals surface area (Å²) in [6.45, 7) is 5.28. The van der Waals surface area contributed by atoms with Gasteiger partial charge in [-0.1, -0.05) is 6.92 Å². The molecule has 0 amide bonds. The Morgan fingerprint density at radius 2 is 2.11 bits per heavy atom. The summed E-state index contributed by atoms with van der Waals surface area (Å²) in [5, 5.41) is 3.56. The Bertz CT molecular complexity index is 429. The maximum Gasteiger partial charge on any atom is 0.165 e. The molecule has 0 saturated heterocycles. The molecule has 1 N–H and O–H groups in total. The van der Waals surface area contributed by atoms with Gasteiger partial charge in [0, 0.05) is 11.6 Å². The monoisotopic (exact) mass is 249 g/mol. The Hall–Kier alpha value is -1.22. The average molecular weight is 249 g/mol. The SMILES string of the molecule is CCNC1CCCc2c(C)cc(OC)c(OC)c21. The molecular weight excluding hydrogens is 226 g/mol. The number of rotatable bonds is 4. The van der Waals surface area contributed by atoms with Gasteiger partial charge in [-0.25, -0.2) is 0 Å². The number of fused-ring (bicyclic) bond motifs is 1. The van der Waals surface area contributed by atoms with E-state index in [9.17, 15) is 0 Å². The second-order valence-electron chi connectivity index (χ2n) is 4.82. The Labute approximate surface area is 109 Å². The largest absolute Gasteiger partial charge is 0.493 e. The second-order valence-corrected chi connectivity index (χ2v) is 4.82. The minimum Gasteiger partial charge on any atom is -0.493 e. The second kappa shape index (κ2) is 5.61. The van der Waals surface area contributed by atoms with Gasteiger partial charge < -0.3 is 14.8 Å². The normalized spacial score (nSPS) is 18.3. The lowest BCUT2D eigenvalue weighted by Gasteiger charge is -2.30. The Morgan fingerprint density at radius 3 is 2.72 bits per heavy atom. The summed E-state index contributed by atoms with van der Waals surface area (Å²) < 4.78 is 11.1. The van der Waals surface area contributed by atoms with Crippen LogP contribution in [0.5, 0.6) is 11.5 Å². The van der Waals surface area contributed by atoms with Crippen LogP contribution in [0.4, 0.5) is 0 Å². The third-order valence-electron chi connectivity index (χ3n) is 3.76. The zero-order chi connectivity index (χ0) is 13.1. The Kier molecular flexibility index (Phi) is 4.12. The number of ether oxygens (including phenoxy) is 2. The van der Waals surface area contributed by atoms with Crippen LogP contribution in [0.1, 0.15) is 42.5 Å². The summed E-state index contributed by atoms with van der Waals surface area (Å²) >= 11 is 0. The molecule has 2 rings (SSSR count). The van der Waals surface area contributed by atoms with Gasteiger partial charge in [-0.15, -0.1) is 0 Å². The van der Waals surface area contributed by atoms with Crippen molar-refractivity contribution in [1.29, 1.82) is 0 Å². The molecule has 1 aliphatic carbocycles. The van der Waals surface area contributed by atoms with Crippen LogP contribution in [0.3, 0.4) is 0 Å². The van der Waals surface area contributed by atoms with Crippen LogP contribution in [0, 0.1) is 6.92 Å². The van der Waals surface area contributed by atoms with Gasteiger partial charge in [0.25, 0.3) is 0 Å². The molecule has 0 heterocycles. The zero-order valence-corrected chi connectivity index (χ0v) is 11.8. The highest BCUT2D eigenvalue weighted by Crippen LogP contribution is 2.43. The van der Waals surface area contributed by atoms with Crippen molar-refractivity contribution >= 4 is 0 Å². The number of aryl methyl sites for hydroxylation is 1. The van der Waals surface area contributed by atoms with Gasteiger partial charge in [0.05, 0.1) is 14.2 Å². The standard InChI is InChI=1S/C15H23NO2/c1-5-16-12-8-6-7-11-10(2)9-13(17-3)15(18-4)14(11)12/h9,12,16H,5-8H2,1-4H3. The summed E-state index contributed by atoms with van der Waals surface area (Å²) in [6, 6.07) is 2.48. The first-order chi connectivity index (χ1) is 8.72. The van der Waals surface area contributed by atoms with E-state index >= 15 is 0 Å². The smallest absolute Gasteiger partial charge is 0.165 e. The highest BCUT2D eigenvalue weighted by Gasteiger charge is 2.27. The molecule has 1 aliphatic rings. The molecule has 1 atom stereocenters. The first kappa shape index (κ1) is 13.2. The topological polar surface area (TPSA) is 30.5 Å². The van der Waals surface area contributed by atoms with Gasteiger partial charge in [-0.2, -0.15) is 0 Å². The van der Waals surface area contributed by atoms with Crippen LogP contribution in [-0.4, -0.2) is 20.8 Å². The molecule has 18 heavy (non-hydrogen) atoms. The van der Waals surface area contributed by atoms with Gasteiger partial charge in [-0.3, -0.25) is 0 Å². The molecule has 100 valence electrons. The number of hydrogen-bond donors (Lipinski definition) is 1. The number of methoxy groups -OCH3 is 2. The van der Waals surface area contributed by atoms with Gasteiger partial charge in [0.1, 0.15) is 0 Å². The molecule has 0 bridgehead atoms. The fourth-order valence-corrected chi connectivity index (χ4v) is 2.97. The predicted octanol–water partition coefficient (Wildman–Crippen LogP) is 3.00. The van der Waals surface area contributed by atoms with E-state index in [1.165, 1.54) is 29.5 Å². The van der Waals surface area contributed by atoms with E-state index in [1.807, 2.05) is 0 Å². The first-order valence-corrected chi connectivity index (χ1v) is 6.70. The van der Waals surface area contributed by atoms with Crippen molar-refractivity contribution in [2.24, 2.45) is 0 Å². The fraction of sp³-hybridized carbons (Fsp3) is 0.600. The molecule has 3 nitrogen and oxygen atoms in total. The summed E-state index contributed by atoms with van der Waals surface area (Å²) in [5.41, 5.74) is 4.05. The van der Waals surface area contributed by atoms with Gasteiger partial charge in [-0.05, 0) is 49.9 Å². The first-order valence-electron chi connectivity index (χ1n) is 6.70. The maximum atomic E-state index is 5.60. The lowest BCUT2D eigenvalue weighted by atomic mass is 9.84. The number of nitrogens with one attached hydrogen (secondary N) is 1. The van der Waals surface area contributed by atoms with E-state index in [4.69, 9.17) is 9.47 Å². The van der Waals surface area contributed by atoms with Crippen molar-refractivity contribution < 1.29 is 9.47 Å². The van der Waals surface area contributed by atoms with Crippen LogP contribution < -0.4 is 14.8 Å². The van der Waals surface area contributed by atoms with E-state index in [0.717, 1.165) is 24.5 Å². The van der Waals surface area contributed by atoms with Crippen molar-refractivity contribution in [3.05, 3.63) is 22.8 Å². The summed E-state index contributed by atoms with van der Waals surface area (Å²) in [6.07, 6.45) is 3.55. The number of hydrogen-bond acceptors (Lipinski definition) is 3. The van der Waals surface area contributed by atoms with Crippen molar-refractivity contribution in [1.82, 2.24) is 5.32 Å². The molecule has 1 aromatic rings. The van der Waals surface area contributed by atoms with Crippen LogP contribution in [0.2, 0.25) is 0 Å². The average Bonchev–Trinajstić information content (AvgIpc) is 2.39.